The van der Waals surface area contributed by atoms with E-state index < -0.39 is 53.1 Å². The molecule has 3 aromatic rings. The lowest BCUT2D eigenvalue weighted by molar-refractivity contribution is -0.138. The van der Waals surface area contributed by atoms with Crippen LogP contribution in [-0.4, -0.2) is 91.0 Å². The summed E-state index contributed by atoms with van der Waals surface area (Å²) in [6.45, 7) is -0.814. The number of halogens is 2. The predicted octanol–water partition coefficient (Wildman–Crippen LogP) is -0.173. The van der Waals surface area contributed by atoms with Crippen molar-refractivity contribution >= 4 is 56.2 Å². The summed E-state index contributed by atoms with van der Waals surface area (Å²) < 4.78 is 35.1. The lowest BCUT2D eigenvalue weighted by Gasteiger charge is -2.27. The number of nitrogens with zero attached hydrogens (tertiary/aromatic N) is 5. The fourth-order valence-corrected chi connectivity index (χ4v) is 6.12. The van der Waals surface area contributed by atoms with Crippen LogP contribution < -0.4 is 11.5 Å². The number of carbonyl (C=O) groups is 1. The largest absolute Gasteiger partial charge is 0.480 e. The molecule has 1 aromatic carbocycles. The van der Waals surface area contributed by atoms with Crippen molar-refractivity contribution in [1.29, 1.82) is 0 Å². The number of rotatable bonds is 9. The number of sulfonamides is 1. The number of hydrogen-bond donors (Lipinski definition) is 5. The molecule has 17 heteroatoms. The number of carboxylic acids is 1. The average Bonchev–Trinajstić information content (AvgIpc) is 3.38. The molecule has 7 N–H and O–H groups in total. The SMILES string of the molecule is Nc1ncnc2c1ncn2[C@@H]1O[C@H](CN(CC[C@H](N)C(=O)O)S(=O)(=O)c2ccc(Cl)cc2Cl)[C@@H](O)[C@H]1O. The Labute approximate surface area is 220 Å². The van der Waals surface area contributed by atoms with E-state index >= 15 is 0 Å². The molecule has 0 unspecified atom stereocenters. The fraction of sp³-hybridized carbons (Fsp3) is 0.400. The van der Waals surface area contributed by atoms with Crippen molar-refractivity contribution in [2.45, 2.75) is 41.9 Å². The molecule has 0 saturated carbocycles. The number of aromatic nitrogens is 4. The molecule has 0 bridgehead atoms. The van der Waals surface area contributed by atoms with Crippen LogP contribution in [0, 0.1) is 0 Å². The molecule has 0 spiro atoms. The molecule has 200 valence electrons. The molecule has 37 heavy (non-hydrogen) atoms. The van der Waals surface area contributed by atoms with Crippen molar-refractivity contribution in [3.05, 3.63) is 40.9 Å². The second-order valence-electron chi connectivity index (χ2n) is 8.30. The summed E-state index contributed by atoms with van der Waals surface area (Å²) in [7, 11) is -4.34. The number of benzene rings is 1. The van der Waals surface area contributed by atoms with Gasteiger partial charge in [0.1, 0.15) is 41.1 Å². The molecule has 0 amide bonds. The summed E-state index contributed by atoms with van der Waals surface area (Å²) >= 11 is 12.0. The zero-order chi connectivity index (χ0) is 27.1. The normalized spacial score (nSPS) is 23.1. The maximum Gasteiger partial charge on any atom is 0.320 e. The third-order valence-electron chi connectivity index (χ3n) is 5.90. The van der Waals surface area contributed by atoms with Gasteiger partial charge in [0.2, 0.25) is 10.0 Å². The molecule has 1 aliphatic heterocycles. The quantitative estimate of drug-likeness (QED) is 0.224. The molecule has 2 aromatic heterocycles. The van der Waals surface area contributed by atoms with Crippen molar-refractivity contribution < 1.29 is 33.3 Å². The Bertz CT molecular complexity index is 1420. The number of carboxylic acid groups (broad SMARTS) is 1. The van der Waals surface area contributed by atoms with Crippen molar-refractivity contribution in [3.8, 4) is 0 Å². The summed E-state index contributed by atoms with van der Waals surface area (Å²) in [5.41, 5.74) is 11.9. The van der Waals surface area contributed by atoms with E-state index in [1.165, 1.54) is 35.4 Å². The fourth-order valence-electron chi connectivity index (χ4n) is 3.91. The highest BCUT2D eigenvalue weighted by Gasteiger charge is 2.46. The van der Waals surface area contributed by atoms with Gasteiger partial charge >= 0.3 is 5.97 Å². The summed E-state index contributed by atoms with van der Waals surface area (Å²) in [6.07, 6.45) is -3.22. The summed E-state index contributed by atoms with van der Waals surface area (Å²) in [4.78, 5) is 23.0. The highest BCUT2D eigenvalue weighted by molar-refractivity contribution is 7.89. The molecule has 3 heterocycles. The van der Waals surface area contributed by atoms with Crippen LogP contribution in [-0.2, 0) is 19.6 Å². The predicted molar refractivity (Wildman–Crippen MR) is 131 cm³/mol. The van der Waals surface area contributed by atoms with Gasteiger partial charge in [0.15, 0.2) is 17.7 Å². The zero-order valence-corrected chi connectivity index (χ0v) is 21.3. The van der Waals surface area contributed by atoms with E-state index in [0.717, 1.165) is 4.31 Å². The number of ether oxygens (including phenoxy) is 1. The van der Waals surface area contributed by atoms with Crippen LogP contribution in [0.4, 0.5) is 5.82 Å². The zero-order valence-electron chi connectivity index (χ0n) is 18.9. The molecule has 5 atom stereocenters. The van der Waals surface area contributed by atoms with Crippen LogP contribution in [0.3, 0.4) is 0 Å². The van der Waals surface area contributed by atoms with Gasteiger partial charge < -0.3 is 31.5 Å². The molecule has 0 aliphatic carbocycles. The average molecular weight is 576 g/mol. The van der Waals surface area contributed by atoms with Crippen LogP contribution in [0.25, 0.3) is 11.2 Å². The lowest BCUT2D eigenvalue weighted by Crippen LogP contribution is -2.45. The molecule has 1 fully saturated rings. The van der Waals surface area contributed by atoms with Gasteiger partial charge in [0.25, 0.3) is 0 Å². The molecule has 4 rings (SSSR count). The molecular weight excluding hydrogens is 553 g/mol. The van der Waals surface area contributed by atoms with Gasteiger partial charge in [-0.15, -0.1) is 0 Å². The first kappa shape index (κ1) is 27.4. The number of nitrogens with two attached hydrogens (primary N) is 2. The monoisotopic (exact) mass is 575 g/mol. The number of aliphatic carboxylic acids is 1. The number of fused-ring (bicyclic) bond motifs is 1. The molecular formula is C20H23Cl2N7O7S. The van der Waals surface area contributed by atoms with E-state index in [-0.39, 0.29) is 44.9 Å². The van der Waals surface area contributed by atoms with Gasteiger partial charge in [-0.2, -0.15) is 4.31 Å². The van der Waals surface area contributed by atoms with Crippen LogP contribution in [0.2, 0.25) is 10.0 Å². The molecule has 14 nitrogen and oxygen atoms in total. The number of hydrogen-bond acceptors (Lipinski definition) is 11. The lowest BCUT2D eigenvalue weighted by atomic mass is 10.1. The Morgan fingerprint density at radius 2 is 1.95 bits per heavy atom. The van der Waals surface area contributed by atoms with Crippen molar-refractivity contribution in [3.63, 3.8) is 0 Å². The maximum absolute atomic E-state index is 13.5. The Kier molecular flexibility index (Phi) is 7.87. The van der Waals surface area contributed by atoms with Gasteiger partial charge in [-0.1, -0.05) is 23.2 Å². The van der Waals surface area contributed by atoms with E-state index in [1.807, 2.05) is 0 Å². The molecule has 0 radical (unpaired) electrons. The van der Waals surface area contributed by atoms with Gasteiger partial charge in [-0.05, 0) is 24.6 Å². The highest BCUT2D eigenvalue weighted by atomic mass is 35.5. The Hall–Kier alpha value is -2.63. The van der Waals surface area contributed by atoms with Crippen LogP contribution in [0.5, 0.6) is 0 Å². The standard InChI is InChI=1S/C20H23Cl2N7O7S/c21-9-1-2-13(10(22)5-9)37(34,35)28(4-3-11(23)20(32)33)6-12-15(30)16(31)19(36-12)29-8-27-14-17(24)25-7-26-18(14)29/h1-2,5,7-8,11-12,15-16,19,30-31H,3-4,6,23H2,(H,32,33)(H2,24,25,26)/t11-,12+,15+,16+,19+/m0/s1. The van der Waals surface area contributed by atoms with Crippen molar-refractivity contribution in [2.24, 2.45) is 5.73 Å². The third kappa shape index (κ3) is 5.35. The Morgan fingerprint density at radius 3 is 2.62 bits per heavy atom. The molecule has 1 aliphatic rings. The summed E-state index contributed by atoms with van der Waals surface area (Å²) in [5.74, 6) is -1.22. The first-order valence-corrected chi connectivity index (χ1v) is 13.0. The maximum atomic E-state index is 13.5. The number of aliphatic hydroxyl groups is 2. The molecule has 1 saturated heterocycles. The van der Waals surface area contributed by atoms with E-state index in [1.54, 1.807) is 0 Å². The summed E-state index contributed by atoms with van der Waals surface area (Å²) in [5, 5.41) is 30.7. The van der Waals surface area contributed by atoms with Crippen molar-refractivity contribution in [1.82, 2.24) is 23.8 Å². The first-order chi connectivity index (χ1) is 17.4. The van der Waals surface area contributed by atoms with Crippen molar-refractivity contribution in [2.75, 3.05) is 18.8 Å². The van der Waals surface area contributed by atoms with Crippen LogP contribution >= 0.6 is 23.2 Å². The van der Waals surface area contributed by atoms with Gasteiger partial charge in [-0.25, -0.2) is 23.4 Å². The third-order valence-corrected chi connectivity index (χ3v) is 8.48. The van der Waals surface area contributed by atoms with Gasteiger partial charge in [0, 0.05) is 18.1 Å². The van der Waals surface area contributed by atoms with Gasteiger partial charge in [-0.3, -0.25) is 9.36 Å². The minimum Gasteiger partial charge on any atom is -0.480 e. The summed E-state index contributed by atoms with van der Waals surface area (Å²) in [6, 6.07) is 2.43. The number of anilines is 1. The second kappa shape index (κ2) is 10.6. The Morgan fingerprint density at radius 1 is 1.22 bits per heavy atom. The smallest absolute Gasteiger partial charge is 0.320 e. The number of aliphatic hydroxyl groups excluding tert-OH is 2. The minimum atomic E-state index is -4.34. The van der Waals surface area contributed by atoms with Gasteiger partial charge in [0.05, 0.1) is 11.3 Å². The topological polar surface area (TPSA) is 220 Å². The minimum absolute atomic E-state index is 0.0974. The van der Waals surface area contributed by atoms with E-state index in [0.29, 0.717) is 0 Å². The van der Waals surface area contributed by atoms with E-state index in [2.05, 4.69) is 15.0 Å². The second-order valence-corrected chi connectivity index (χ2v) is 11.1. The highest BCUT2D eigenvalue weighted by Crippen LogP contribution is 2.34. The van der Waals surface area contributed by atoms with E-state index in [9.17, 15) is 23.4 Å². The van der Waals surface area contributed by atoms with Crippen LogP contribution in [0.15, 0.2) is 35.7 Å². The number of nitrogen functional groups attached to an aromatic ring is 1. The first-order valence-electron chi connectivity index (χ1n) is 10.8. The number of imidazole rings is 1. The van der Waals surface area contributed by atoms with Crippen LogP contribution in [0.1, 0.15) is 12.6 Å². The Balaban J connectivity index is 1.64. The van der Waals surface area contributed by atoms with E-state index in [4.69, 9.17) is 44.5 Å².